The molecule has 0 radical (unpaired) electrons. The van der Waals surface area contributed by atoms with Crippen molar-refractivity contribution in [3.63, 3.8) is 0 Å². The number of nitrogens with one attached hydrogen (secondary N) is 2. The average Bonchev–Trinajstić information content (AvgIpc) is 2.98. The lowest BCUT2D eigenvalue weighted by molar-refractivity contribution is -0.134. The van der Waals surface area contributed by atoms with E-state index in [0.29, 0.717) is 12.5 Å². The van der Waals surface area contributed by atoms with Gasteiger partial charge in [0.05, 0.1) is 5.41 Å². The van der Waals surface area contributed by atoms with E-state index in [1.165, 1.54) is 6.42 Å². The first-order valence-corrected chi connectivity index (χ1v) is 7.85. The van der Waals surface area contributed by atoms with Crippen LogP contribution in [0.2, 0.25) is 0 Å². The highest BCUT2D eigenvalue weighted by molar-refractivity contribution is 5.90. The summed E-state index contributed by atoms with van der Waals surface area (Å²) in [6.45, 7) is 2.16. The Balaban J connectivity index is 0.00000144. The second kappa shape index (κ2) is 8.65. The summed E-state index contributed by atoms with van der Waals surface area (Å²) in [5, 5.41) is 6.42. The van der Waals surface area contributed by atoms with Gasteiger partial charge in [-0.2, -0.15) is 0 Å². The second-order valence-corrected chi connectivity index (χ2v) is 6.33. The van der Waals surface area contributed by atoms with Gasteiger partial charge < -0.3 is 16.4 Å². The summed E-state index contributed by atoms with van der Waals surface area (Å²) in [5.41, 5.74) is 6.03. The van der Waals surface area contributed by atoms with Gasteiger partial charge in [0.2, 0.25) is 5.91 Å². The van der Waals surface area contributed by atoms with Crippen molar-refractivity contribution in [2.24, 2.45) is 17.1 Å². The van der Waals surface area contributed by atoms with Gasteiger partial charge in [-0.25, -0.2) is 0 Å². The molecule has 2 aliphatic rings. The van der Waals surface area contributed by atoms with Gasteiger partial charge in [0.25, 0.3) is 5.91 Å². The fraction of sp³-hybridized carbons (Fsp3) is 0.562. The van der Waals surface area contributed by atoms with Gasteiger partial charge in [-0.05, 0) is 36.9 Å². The van der Waals surface area contributed by atoms with Gasteiger partial charge in [0, 0.05) is 19.3 Å². The molecule has 1 aliphatic heterocycles. The number of hydrogen-bond donors (Lipinski definition) is 3. The quantitative estimate of drug-likeness (QED) is 0.742. The molecular formula is C16H24Cl2N4O2. The molecule has 0 unspecified atom stereocenters. The minimum atomic E-state index is -0.545. The first-order valence-electron chi connectivity index (χ1n) is 7.85. The van der Waals surface area contributed by atoms with E-state index >= 15 is 0 Å². The summed E-state index contributed by atoms with van der Waals surface area (Å²) in [5.74, 6) is 0.0503. The Kier molecular flexibility index (Phi) is 7.45. The van der Waals surface area contributed by atoms with E-state index in [2.05, 4.69) is 15.6 Å². The van der Waals surface area contributed by atoms with Gasteiger partial charge in [0.15, 0.2) is 0 Å². The number of aromatic nitrogens is 1. The first-order chi connectivity index (χ1) is 10.6. The van der Waals surface area contributed by atoms with Gasteiger partial charge in [-0.1, -0.05) is 18.9 Å². The van der Waals surface area contributed by atoms with Gasteiger partial charge in [-0.15, -0.1) is 24.8 Å². The Labute approximate surface area is 154 Å². The molecule has 4 N–H and O–H groups in total. The van der Waals surface area contributed by atoms with Crippen LogP contribution in [0.4, 0.5) is 0 Å². The number of hydrogen-bond acceptors (Lipinski definition) is 4. The smallest absolute Gasteiger partial charge is 0.267 e. The molecule has 8 heteroatoms. The average molecular weight is 375 g/mol. The van der Waals surface area contributed by atoms with Gasteiger partial charge in [-0.3, -0.25) is 14.6 Å². The molecule has 0 spiro atoms. The molecule has 1 aromatic heterocycles. The number of halogens is 2. The number of nitrogens with two attached hydrogens (primary N) is 1. The van der Waals surface area contributed by atoms with Crippen LogP contribution < -0.4 is 16.4 Å². The predicted molar refractivity (Wildman–Crippen MR) is 96.4 cm³/mol. The molecule has 134 valence electrons. The van der Waals surface area contributed by atoms with E-state index in [1.807, 2.05) is 0 Å². The molecular weight excluding hydrogens is 351 g/mol. The molecule has 2 fully saturated rings. The Bertz CT molecular complexity index is 582. The molecule has 0 aromatic carbocycles. The largest absolute Gasteiger partial charge is 0.364 e. The lowest BCUT2D eigenvalue weighted by Gasteiger charge is -2.37. The summed E-state index contributed by atoms with van der Waals surface area (Å²) in [4.78, 5) is 27.7. The highest BCUT2D eigenvalue weighted by Gasteiger charge is 2.49. The summed E-state index contributed by atoms with van der Waals surface area (Å²) >= 11 is 0. The molecule has 3 rings (SSSR count). The maximum absolute atomic E-state index is 12.7. The Morgan fingerprint density at radius 3 is 2.79 bits per heavy atom. The second-order valence-electron chi connectivity index (χ2n) is 6.33. The van der Waals surface area contributed by atoms with Crippen molar-refractivity contribution >= 4 is 36.6 Å². The number of pyridine rings is 1. The summed E-state index contributed by atoms with van der Waals surface area (Å²) in [6.07, 6.45) is 6.04. The van der Waals surface area contributed by atoms with Crippen LogP contribution in [-0.4, -0.2) is 29.9 Å². The predicted octanol–water partition coefficient (Wildman–Crippen LogP) is 1.42. The zero-order valence-electron chi connectivity index (χ0n) is 13.4. The van der Waals surface area contributed by atoms with Crippen molar-refractivity contribution in [2.75, 3.05) is 13.1 Å². The number of carbonyl (C=O) groups excluding carboxylic acids is 2. The normalized spacial score (nSPS) is 24.9. The first kappa shape index (κ1) is 20.7. The highest BCUT2D eigenvalue weighted by Crippen LogP contribution is 2.43. The fourth-order valence-corrected chi connectivity index (χ4v) is 3.72. The van der Waals surface area contributed by atoms with Crippen LogP contribution in [0.3, 0.4) is 0 Å². The van der Waals surface area contributed by atoms with Crippen LogP contribution in [0.15, 0.2) is 18.3 Å². The number of nitrogens with zero attached hydrogens (tertiary/aromatic N) is 1. The minimum absolute atomic E-state index is 0. The number of fused-ring (bicyclic) bond motifs is 1. The fourth-order valence-electron chi connectivity index (χ4n) is 3.72. The van der Waals surface area contributed by atoms with Crippen molar-refractivity contribution in [1.29, 1.82) is 0 Å². The topological polar surface area (TPSA) is 97.1 Å². The molecule has 1 aromatic rings. The molecule has 0 bridgehead atoms. The van der Waals surface area contributed by atoms with Crippen LogP contribution in [0.1, 0.15) is 41.7 Å². The van der Waals surface area contributed by atoms with Gasteiger partial charge in [0.1, 0.15) is 5.69 Å². The Hall–Kier alpha value is -1.37. The third kappa shape index (κ3) is 3.99. The Morgan fingerprint density at radius 2 is 2.12 bits per heavy atom. The van der Waals surface area contributed by atoms with Crippen LogP contribution in [-0.2, 0) is 11.3 Å². The number of carbonyl (C=O) groups is 2. The van der Waals surface area contributed by atoms with Crippen LogP contribution in [0.5, 0.6) is 0 Å². The van der Waals surface area contributed by atoms with Crippen molar-refractivity contribution in [2.45, 2.75) is 32.2 Å². The third-order valence-corrected chi connectivity index (χ3v) is 5.02. The monoisotopic (exact) mass is 374 g/mol. The maximum atomic E-state index is 12.7. The lowest BCUT2D eigenvalue weighted by atomic mass is 9.67. The maximum Gasteiger partial charge on any atom is 0.267 e. The molecule has 2 heterocycles. The highest BCUT2D eigenvalue weighted by atomic mass is 35.5. The summed E-state index contributed by atoms with van der Waals surface area (Å²) in [6, 6.07) is 3.36. The van der Waals surface area contributed by atoms with E-state index in [1.54, 1.807) is 18.3 Å². The van der Waals surface area contributed by atoms with E-state index < -0.39 is 5.91 Å². The third-order valence-electron chi connectivity index (χ3n) is 5.02. The standard InChI is InChI=1S/C16H22N4O2.2ClH/c17-14(21)13-5-4-11(7-19-13)8-20-15(22)16-6-2-1-3-12(16)9-18-10-16;;/h4-5,7,12,18H,1-3,6,8-10H2,(H2,17,21)(H,20,22);2*1H/t12-,16+;;/m0../s1. The lowest BCUT2D eigenvalue weighted by Crippen LogP contribution is -2.47. The molecule has 6 nitrogen and oxygen atoms in total. The van der Waals surface area contributed by atoms with Crippen LogP contribution >= 0.6 is 24.8 Å². The van der Waals surface area contributed by atoms with Crippen molar-refractivity contribution in [3.05, 3.63) is 29.6 Å². The number of amides is 2. The van der Waals surface area contributed by atoms with Crippen molar-refractivity contribution in [1.82, 2.24) is 15.6 Å². The summed E-state index contributed by atoms with van der Waals surface area (Å²) < 4.78 is 0. The van der Waals surface area contributed by atoms with E-state index in [9.17, 15) is 9.59 Å². The van der Waals surface area contributed by atoms with Crippen molar-refractivity contribution in [3.8, 4) is 0 Å². The zero-order valence-corrected chi connectivity index (χ0v) is 15.0. The minimum Gasteiger partial charge on any atom is -0.364 e. The van der Waals surface area contributed by atoms with E-state index in [4.69, 9.17) is 5.73 Å². The van der Waals surface area contributed by atoms with Gasteiger partial charge >= 0.3 is 0 Å². The molecule has 1 aliphatic carbocycles. The van der Waals surface area contributed by atoms with Crippen LogP contribution in [0.25, 0.3) is 0 Å². The number of rotatable bonds is 4. The van der Waals surface area contributed by atoms with E-state index in [0.717, 1.165) is 37.9 Å². The van der Waals surface area contributed by atoms with Crippen molar-refractivity contribution < 1.29 is 9.59 Å². The van der Waals surface area contributed by atoms with Crippen LogP contribution in [0, 0.1) is 11.3 Å². The molecule has 1 saturated carbocycles. The number of primary amides is 1. The molecule has 24 heavy (non-hydrogen) atoms. The zero-order chi connectivity index (χ0) is 15.6. The summed E-state index contributed by atoms with van der Waals surface area (Å²) in [7, 11) is 0. The molecule has 2 atom stereocenters. The molecule has 2 amide bonds. The molecule has 1 saturated heterocycles. The Morgan fingerprint density at radius 1 is 1.33 bits per heavy atom. The van der Waals surface area contributed by atoms with E-state index in [-0.39, 0.29) is 41.8 Å². The SMILES string of the molecule is Cl.Cl.NC(=O)c1ccc(CNC(=O)[C@@]23CCCC[C@H]2CNC3)cn1.